The van der Waals surface area contributed by atoms with Gasteiger partial charge in [0.1, 0.15) is 0 Å². The average Bonchev–Trinajstić information content (AvgIpc) is 2.80. The Balaban J connectivity index is 1.62. The lowest BCUT2D eigenvalue weighted by molar-refractivity contribution is 0.899. The number of thioether (sulfide) groups is 1. The molecule has 1 atom stereocenters. The van der Waals surface area contributed by atoms with Gasteiger partial charge in [-0.3, -0.25) is 0 Å². The SMILES string of the molecule is Clc1ccccc1NCC1Cc2ccccc2S1. The van der Waals surface area contributed by atoms with Crippen molar-refractivity contribution in [2.75, 3.05) is 11.9 Å². The minimum atomic E-state index is 0.596. The first-order valence-corrected chi connectivity index (χ1v) is 7.31. The molecule has 1 heterocycles. The maximum absolute atomic E-state index is 6.13. The summed E-state index contributed by atoms with van der Waals surface area (Å²) in [4.78, 5) is 1.42. The monoisotopic (exact) mass is 275 g/mol. The van der Waals surface area contributed by atoms with E-state index in [2.05, 4.69) is 29.6 Å². The molecule has 92 valence electrons. The lowest BCUT2D eigenvalue weighted by Crippen LogP contribution is -2.15. The van der Waals surface area contributed by atoms with E-state index in [-0.39, 0.29) is 0 Å². The van der Waals surface area contributed by atoms with Crippen molar-refractivity contribution in [2.45, 2.75) is 16.6 Å². The predicted octanol–water partition coefficient (Wildman–Crippen LogP) is 4.47. The molecule has 1 aliphatic rings. The summed E-state index contributed by atoms with van der Waals surface area (Å²) in [6.07, 6.45) is 1.14. The number of benzene rings is 2. The number of para-hydroxylation sites is 1. The average molecular weight is 276 g/mol. The Morgan fingerprint density at radius 1 is 1.11 bits per heavy atom. The quantitative estimate of drug-likeness (QED) is 0.887. The van der Waals surface area contributed by atoms with E-state index >= 15 is 0 Å². The standard InChI is InChI=1S/C15H14ClNS/c16-13-6-2-3-7-14(13)17-10-12-9-11-5-1-4-8-15(11)18-12/h1-8,12,17H,9-10H2. The van der Waals surface area contributed by atoms with Gasteiger partial charge in [-0.25, -0.2) is 0 Å². The third kappa shape index (κ3) is 2.50. The van der Waals surface area contributed by atoms with Crippen LogP contribution >= 0.6 is 23.4 Å². The molecule has 0 radical (unpaired) electrons. The Bertz CT molecular complexity index is 531. The topological polar surface area (TPSA) is 12.0 Å². The first-order valence-electron chi connectivity index (χ1n) is 6.06. The van der Waals surface area contributed by atoms with Crippen LogP contribution in [0.15, 0.2) is 53.4 Å². The molecule has 3 heteroatoms. The minimum Gasteiger partial charge on any atom is -0.383 e. The molecule has 1 aliphatic heterocycles. The molecule has 0 saturated carbocycles. The molecule has 1 unspecified atom stereocenters. The van der Waals surface area contributed by atoms with Crippen LogP contribution in [0.2, 0.25) is 5.02 Å². The fraction of sp³-hybridized carbons (Fsp3) is 0.200. The highest BCUT2D eigenvalue weighted by atomic mass is 35.5. The second-order valence-electron chi connectivity index (χ2n) is 4.41. The van der Waals surface area contributed by atoms with Crippen molar-refractivity contribution in [1.82, 2.24) is 0 Å². The Hall–Kier alpha value is -1.12. The number of rotatable bonds is 3. The number of anilines is 1. The molecule has 1 N–H and O–H groups in total. The maximum atomic E-state index is 6.13. The first-order chi connectivity index (χ1) is 8.83. The lowest BCUT2D eigenvalue weighted by atomic mass is 10.1. The van der Waals surface area contributed by atoms with Crippen LogP contribution in [0.1, 0.15) is 5.56 Å². The van der Waals surface area contributed by atoms with Gasteiger partial charge >= 0.3 is 0 Å². The van der Waals surface area contributed by atoms with Gasteiger partial charge in [0.05, 0.1) is 10.7 Å². The Morgan fingerprint density at radius 2 is 1.89 bits per heavy atom. The van der Waals surface area contributed by atoms with Gasteiger partial charge in [0.25, 0.3) is 0 Å². The Morgan fingerprint density at radius 3 is 2.72 bits per heavy atom. The smallest absolute Gasteiger partial charge is 0.0637 e. The maximum Gasteiger partial charge on any atom is 0.0637 e. The molecular formula is C15H14ClNS. The molecule has 0 saturated heterocycles. The number of hydrogen-bond donors (Lipinski definition) is 1. The van der Waals surface area contributed by atoms with Gasteiger partial charge in [-0.2, -0.15) is 0 Å². The van der Waals surface area contributed by atoms with E-state index in [1.807, 2.05) is 36.0 Å². The third-order valence-corrected chi connectivity index (χ3v) is 4.76. The van der Waals surface area contributed by atoms with Crippen molar-refractivity contribution in [3.8, 4) is 0 Å². The van der Waals surface area contributed by atoms with Crippen molar-refractivity contribution in [1.29, 1.82) is 0 Å². The van der Waals surface area contributed by atoms with Gasteiger partial charge in [0.2, 0.25) is 0 Å². The zero-order chi connectivity index (χ0) is 12.4. The molecule has 0 spiro atoms. The lowest BCUT2D eigenvalue weighted by Gasteiger charge is -2.12. The Labute approximate surface area is 117 Å². The summed E-state index contributed by atoms with van der Waals surface area (Å²) in [6, 6.07) is 16.5. The summed E-state index contributed by atoms with van der Waals surface area (Å²) >= 11 is 8.09. The van der Waals surface area contributed by atoms with E-state index in [0.29, 0.717) is 5.25 Å². The zero-order valence-electron chi connectivity index (χ0n) is 9.90. The highest BCUT2D eigenvalue weighted by Gasteiger charge is 2.21. The molecule has 2 aromatic carbocycles. The van der Waals surface area contributed by atoms with Gasteiger partial charge in [0, 0.05) is 16.7 Å². The van der Waals surface area contributed by atoms with Gasteiger partial charge in [-0.15, -0.1) is 11.8 Å². The van der Waals surface area contributed by atoms with Crippen LogP contribution in [0.3, 0.4) is 0 Å². The van der Waals surface area contributed by atoms with Gasteiger partial charge in [-0.1, -0.05) is 41.9 Å². The van der Waals surface area contributed by atoms with Crippen molar-refractivity contribution >= 4 is 29.1 Å². The largest absolute Gasteiger partial charge is 0.383 e. The van der Waals surface area contributed by atoms with E-state index < -0.39 is 0 Å². The van der Waals surface area contributed by atoms with Crippen LogP contribution in [0.5, 0.6) is 0 Å². The van der Waals surface area contributed by atoms with Crippen LogP contribution in [-0.2, 0) is 6.42 Å². The van der Waals surface area contributed by atoms with Crippen LogP contribution < -0.4 is 5.32 Å². The van der Waals surface area contributed by atoms with E-state index in [1.54, 1.807) is 0 Å². The van der Waals surface area contributed by atoms with Gasteiger partial charge in [-0.05, 0) is 30.2 Å². The second-order valence-corrected chi connectivity index (χ2v) is 6.16. The number of hydrogen-bond acceptors (Lipinski definition) is 2. The number of nitrogens with one attached hydrogen (secondary N) is 1. The molecule has 0 aromatic heterocycles. The fourth-order valence-corrected chi connectivity index (χ4v) is 3.65. The zero-order valence-corrected chi connectivity index (χ0v) is 11.5. The molecule has 1 nitrogen and oxygen atoms in total. The number of halogens is 1. The Kier molecular flexibility index (Phi) is 3.48. The minimum absolute atomic E-state index is 0.596. The number of fused-ring (bicyclic) bond motifs is 1. The summed E-state index contributed by atoms with van der Waals surface area (Å²) < 4.78 is 0. The van der Waals surface area contributed by atoms with Crippen LogP contribution in [-0.4, -0.2) is 11.8 Å². The third-order valence-electron chi connectivity index (χ3n) is 3.11. The summed E-state index contributed by atoms with van der Waals surface area (Å²) in [5, 5.41) is 4.82. The van der Waals surface area contributed by atoms with Gasteiger partial charge in [0.15, 0.2) is 0 Å². The summed E-state index contributed by atoms with van der Waals surface area (Å²) in [5.74, 6) is 0. The van der Waals surface area contributed by atoms with Crippen LogP contribution in [0.4, 0.5) is 5.69 Å². The molecule has 0 aliphatic carbocycles. The van der Waals surface area contributed by atoms with E-state index in [4.69, 9.17) is 11.6 Å². The van der Waals surface area contributed by atoms with E-state index in [9.17, 15) is 0 Å². The normalized spacial score (nSPS) is 17.5. The van der Waals surface area contributed by atoms with Crippen molar-refractivity contribution in [3.05, 3.63) is 59.1 Å². The second kappa shape index (κ2) is 5.25. The summed E-state index contributed by atoms with van der Waals surface area (Å²) in [7, 11) is 0. The molecule has 0 bridgehead atoms. The molecular weight excluding hydrogens is 262 g/mol. The fourth-order valence-electron chi connectivity index (χ4n) is 2.20. The van der Waals surface area contributed by atoms with Crippen molar-refractivity contribution < 1.29 is 0 Å². The molecule has 0 fully saturated rings. The van der Waals surface area contributed by atoms with E-state index in [1.165, 1.54) is 10.5 Å². The van der Waals surface area contributed by atoms with E-state index in [0.717, 1.165) is 23.7 Å². The highest BCUT2D eigenvalue weighted by Crippen LogP contribution is 2.36. The summed E-state index contributed by atoms with van der Waals surface area (Å²) in [5.41, 5.74) is 2.49. The van der Waals surface area contributed by atoms with Crippen molar-refractivity contribution in [3.63, 3.8) is 0 Å². The molecule has 18 heavy (non-hydrogen) atoms. The van der Waals surface area contributed by atoms with Gasteiger partial charge < -0.3 is 5.32 Å². The highest BCUT2D eigenvalue weighted by molar-refractivity contribution is 8.00. The summed E-state index contributed by atoms with van der Waals surface area (Å²) in [6.45, 7) is 0.948. The predicted molar refractivity (Wildman–Crippen MR) is 79.7 cm³/mol. The van der Waals surface area contributed by atoms with Crippen molar-refractivity contribution in [2.24, 2.45) is 0 Å². The van der Waals surface area contributed by atoms with Crippen LogP contribution in [0.25, 0.3) is 0 Å². The molecule has 2 aromatic rings. The van der Waals surface area contributed by atoms with Crippen LogP contribution in [0, 0.1) is 0 Å². The molecule has 3 rings (SSSR count). The first kappa shape index (κ1) is 11.9. The molecule has 0 amide bonds.